The fourth-order valence-electron chi connectivity index (χ4n) is 2.61. The van der Waals surface area contributed by atoms with Gasteiger partial charge in [0.2, 0.25) is 0 Å². The lowest BCUT2D eigenvalue weighted by Crippen LogP contribution is -2.39. The quantitative estimate of drug-likeness (QED) is 0.851. The first kappa shape index (κ1) is 19.1. The van der Waals surface area contributed by atoms with Gasteiger partial charge in [0.25, 0.3) is 6.01 Å². The zero-order valence-electron chi connectivity index (χ0n) is 13.3. The molecule has 124 valence electrons. The lowest BCUT2D eigenvalue weighted by molar-refractivity contribution is 0.466. The number of halogens is 2. The highest BCUT2D eigenvalue weighted by Crippen LogP contribution is 2.29. The second kappa shape index (κ2) is 7.07. The molecule has 22 heavy (non-hydrogen) atoms. The van der Waals surface area contributed by atoms with E-state index >= 15 is 0 Å². The third-order valence-electron chi connectivity index (χ3n) is 4.05. The van der Waals surface area contributed by atoms with E-state index in [1.807, 2.05) is 6.07 Å². The number of fused-ring (bicyclic) bond motifs is 1. The molecule has 1 aromatic carbocycles. The summed E-state index contributed by atoms with van der Waals surface area (Å²) in [7, 11) is 0. The Labute approximate surface area is 144 Å². The van der Waals surface area contributed by atoms with Crippen LogP contribution in [0.1, 0.15) is 39.2 Å². The summed E-state index contributed by atoms with van der Waals surface area (Å²) in [4.78, 5) is 6.85. The van der Waals surface area contributed by atoms with Gasteiger partial charge in [-0.05, 0) is 36.0 Å². The maximum Gasteiger partial charge on any atom is 0.298 e. The van der Waals surface area contributed by atoms with Crippen molar-refractivity contribution >= 4 is 41.9 Å². The molecule has 0 saturated carbocycles. The van der Waals surface area contributed by atoms with E-state index in [9.17, 15) is 0 Å². The summed E-state index contributed by atoms with van der Waals surface area (Å²) in [6, 6.07) is 7.35. The number of nitrogens with two attached hydrogens (primary N) is 1. The van der Waals surface area contributed by atoms with Gasteiger partial charge in [0, 0.05) is 19.1 Å². The van der Waals surface area contributed by atoms with E-state index in [-0.39, 0.29) is 30.2 Å². The third kappa shape index (κ3) is 3.86. The minimum atomic E-state index is 0. The molecule has 0 unspecified atom stereocenters. The lowest BCUT2D eigenvalue weighted by atomic mass is 9.87. The Morgan fingerprint density at radius 3 is 2.41 bits per heavy atom. The van der Waals surface area contributed by atoms with Crippen LogP contribution in [0.25, 0.3) is 11.1 Å². The molecule has 0 spiro atoms. The van der Waals surface area contributed by atoms with Crippen LogP contribution in [0.5, 0.6) is 0 Å². The van der Waals surface area contributed by atoms with Crippen LogP contribution in [0.4, 0.5) is 6.01 Å². The van der Waals surface area contributed by atoms with Crippen LogP contribution in [-0.4, -0.2) is 24.1 Å². The van der Waals surface area contributed by atoms with Gasteiger partial charge >= 0.3 is 0 Å². The first-order valence-corrected chi connectivity index (χ1v) is 7.35. The molecule has 0 atom stereocenters. The van der Waals surface area contributed by atoms with Gasteiger partial charge in [0.1, 0.15) is 5.52 Å². The number of anilines is 1. The summed E-state index contributed by atoms with van der Waals surface area (Å²) in [6.07, 6.45) is 2.01. The first-order valence-electron chi connectivity index (χ1n) is 7.35. The number of oxazole rings is 1. The molecule has 1 aliphatic heterocycles. The molecular formula is C16H25Cl2N3O. The van der Waals surface area contributed by atoms with Gasteiger partial charge < -0.3 is 15.1 Å². The van der Waals surface area contributed by atoms with E-state index in [1.54, 1.807) is 0 Å². The summed E-state index contributed by atoms with van der Waals surface area (Å²) in [5, 5.41) is 0. The highest BCUT2D eigenvalue weighted by Gasteiger charge is 2.21. The normalized spacial score (nSPS) is 16.3. The molecule has 3 rings (SSSR count). The van der Waals surface area contributed by atoms with Crippen LogP contribution in [0.15, 0.2) is 22.6 Å². The van der Waals surface area contributed by atoms with Gasteiger partial charge in [-0.25, -0.2) is 0 Å². The third-order valence-corrected chi connectivity index (χ3v) is 4.05. The van der Waals surface area contributed by atoms with Crippen molar-refractivity contribution in [3.05, 3.63) is 23.8 Å². The van der Waals surface area contributed by atoms with E-state index in [4.69, 9.17) is 10.2 Å². The van der Waals surface area contributed by atoms with Crippen molar-refractivity contribution in [3.63, 3.8) is 0 Å². The van der Waals surface area contributed by atoms with E-state index in [0.29, 0.717) is 6.04 Å². The van der Waals surface area contributed by atoms with E-state index in [0.717, 1.165) is 43.0 Å². The van der Waals surface area contributed by atoms with Gasteiger partial charge in [-0.3, -0.25) is 0 Å². The van der Waals surface area contributed by atoms with Crippen LogP contribution in [0.2, 0.25) is 0 Å². The smallest absolute Gasteiger partial charge is 0.298 e. The zero-order chi connectivity index (χ0) is 14.3. The van der Waals surface area contributed by atoms with E-state index in [1.165, 1.54) is 5.56 Å². The number of nitrogens with zero attached hydrogens (tertiary/aromatic N) is 2. The highest BCUT2D eigenvalue weighted by atomic mass is 35.5. The van der Waals surface area contributed by atoms with Crippen molar-refractivity contribution in [2.75, 3.05) is 18.0 Å². The summed E-state index contributed by atoms with van der Waals surface area (Å²) < 4.78 is 5.88. The fourth-order valence-corrected chi connectivity index (χ4v) is 2.61. The predicted octanol–water partition coefficient (Wildman–Crippen LogP) is 3.90. The molecule has 2 N–H and O–H groups in total. The molecule has 0 aliphatic carbocycles. The maximum absolute atomic E-state index is 5.94. The van der Waals surface area contributed by atoms with Crippen LogP contribution in [-0.2, 0) is 5.41 Å². The molecule has 1 aliphatic rings. The molecule has 0 amide bonds. The van der Waals surface area contributed by atoms with E-state index in [2.05, 4.69) is 42.8 Å². The average molecular weight is 346 g/mol. The van der Waals surface area contributed by atoms with Crippen LogP contribution >= 0.6 is 24.8 Å². The minimum absolute atomic E-state index is 0. The molecule has 0 bridgehead atoms. The second-order valence-corrected chi connectivity index (χ2v) is 6.75. The first-order chi connectivity index (χ1) is 9.43. The molecule has 1 saturated heterocycles. The SMILES string of the molecule is CC(C)(C)c1ccc2oc(N3CCC(N)CC3)nc2c1.Cl.Cl. The van der Waals surface area contributed by atoms with Crippen LogP contribution in [0.3, 0.4) is 0 Å². The number of piperidine rings is 1. The molecule has 4 nitrogen and oxygen atoms in total. The Hall–Kier alpha value is -0.970. The number of hydrogen-bond acceptors (Lipinski definition) is 4. The fraction of sp³-hybridized carbons (Fsp3) is 0.562. The summed E-state index contributed by atoms with van der Waals surface area (Å²) >= 11 is 0. The molecule has 2 aromatic rings. The Morgan fingerprint density at radius 2 is 1.82 bits per heavy atom. The number of hydrogen-bond donors (Lipinski definition) is 1. The van der Waals surface area contributed by atoms with Crippen molar-refractivity contribution in [3.8, 4) is 0 Å². The number of rotatable bonds is 1. The summed E-state index contributed by atoms with van der Waals surface area (Å²) in [5.41, 5.74) is 9.16. The standard InChI is InChI=1S/C16H23N3O.2ClH/c1-16(2,3)11-4-5-14-13(10-11)18-15(20-14)19-8-6-12(17)7-9-19;;/h4-5,10,12H,6-9,17H2,1-3H3;2*1H. The van der Waals surface area contributed by atoms with E-state index < -0.39 is 0 Å². The predicted molar refractivity (Wildman–Crippen MR) is 96.6 cm³/mol. The van der Waals surface area contributed by atoms with Gasteiger partial charge in [0.15, 0.2) is 5.58 Å². The Kier molecular flexibility index (Phi) is 6.13. The number of aromatic nitrogens is 1. The van der Waals surface area contributed by atoms with Gasteiger partial charge in [0.05, 0.1) is 0 Å². The topological polar surface area (TPSA) is 55.3 Å². The van der Waals surface area contributed by atoms with Gasteiger partial charge in [-0.15, -0.1) is 24.8 Å². The average Bonchev–Trinajstić information content (AvgIpc) is 2.81. The van der Waals surface area contributed by atoms with Crippen molar-refractivity contribution in [1.29, 1.82) is 0 Å². The maximum atomic E-state index is 5.94. The van der Waals surface area contributed by atoms with Gasteiger partial charge in [-0.2, -0.15) is 4.98 Å². The minimum Gasteiger partial charge on any atom is -0.423 e. The largest absolute Gasteiger partial charge is 0.423 e. The summed E-state index contributed by atoms with van der Waals surface area (Å²) in [6.45, 7) is 8.49. The Balaban J connectivity index is 0.00000121. The Morgan fingerprint density at radius 1 is 1.18 bits per heavy atom. The van der Waals surface area contributed by atoms with Crippen molar-refractivity contribution < 1.29 is 4.42 Å². The molecule has 2 heterocycles. The number of benzene rings is 1. The van der Waals surface area contributed by atoms with Crippen molar-refractivity contribution in [2.45, 2.75) is 45.1 Å². The second-order valence-electron chi connectivity index (χ2n) is 6.75. The zero-order valence-corrected chi connectivity index (χ0v) is 15.0. The molecule has 0 radical (unpaired) electrons. The highest BCUT2D eigenvalue weighted by molar-refractivity contribution is 5.85. The van der Waals surface area contributed by atoms with Crippen LogP contribution < -0.4 is 10.6 Å². The molecule has 1 aromatic heterocycles. The van der Waals surface area contributed by atoms with Crippen molar-refractivity contribution in [1.82, 2.24) is 4.98 Å². The molecule has 1 fully saturated rings. The van der Waals surface area contributed by atoms with Crippen molar-refractivity contribution in [2.24, 2.45) is 5.73 Å². The lowest BCUT2D eigenvalue weighted by Gasteiger charge is -2.28. The molecule has 6 heteroatoms. The summed E-state index contributed by atoms with van der Waals surface area (Å²) in [5.74, 6) is 0. The monoisotopic (exact) mass is 345 g/mol. The van der Waals surface area contributed by atoms with Crippen LogP contribution in [0, 0.1) is 0 Å². The Bertz CT molecular complexity index is 613. The van der Waals surface area contributed by atoms with Gasteiger partial charge in [-0.1, -0.05) is 26.8 Å². The molecular weight excluding hydrogens is 321 g/mol.